The van der Waals surface area contributed by atoms with E-state index in [4.69, 9.17) is 0 Å². The molecule has 0 aromatic carbocycles. The van der Waals surface area contributed by atoms with Gasteiger partial charge in [0.05, 0.1) is 11.7 Å². The van der Waals surface area contributed by atoms with Gasteiger partial charge in [0.25, 0.3) is 0 Å². The van der Waals surface area contributed by atoms with Crippen LogP contribution in [0.25, 0.3) is 0 Å². The fourth-order valence-electron chi connectivity index (χ4n) is 2.69. The topological polar surface area (TPSA) is 53.9 Å². The maximum atomic E-state index is 4.63. The lowest BCUT2D eigenvalue weighted by atomic mass is 9.97. The zero-order valence-electron chi connectivity index (χ0n) is 12.9. The van der Waals surface area contributed by atoms with Gasteiger partial charge in [0.1, 0.15) is 11.6 Å². The van der Waals surface area contributed by atoms with E-state index >= 15 is 0 Å². The minimum atomic E-state index is 0.422. The molecule has 5 nitrogen and oxygen atoms in total. The van der Waals surface area contributed by atoms with Crippen molar-refractivity contribution in [1.82, 2.24) is 19.9 Å². The second kappa shape index (κ2) is 5.69. The Morgan fingerprint density at radius 1 is 1.33 bits per heavy atom. The molecule has 0 spiro atoms. The first kappa shape index (κ1) is 14.4. The van der Waals surface area contributed by atoms with E-state index in [9.17, 15) is 0 Å². The first-order chi connectivity index (χ1) is 10.0. The zero-order chi connectivity index (χ0) is 15.0. The summed E-state index contributed by atoms with van der Waals surface area (Å²) < 4.78 is 0. The Morgan fingerprint density at radius 3 is 2.71 bits per heavy atom. The summed E-state index contributed by atoms with van der Waals surface area (Å²) in [6.45, 7) is 9.61. The van der Waals surface area contributed by atoms with Gasteiger partial charge in [0, 0.05) is 29.7 Å². The molecule has 1 aliphatic rings. The fourth-order valence-corrected chi connectivity index (χ4v) is 3.36. The van der Waals surface area contributed by atoms with Gasteiger partial charge in [-0.15, -0.1) is 11.3 Å². The molecule has 2 aromatic rings. The van der Waals surface area contributed by atoms with Gasteiger partial charge in [-0.2, -0.15) is 0 Å². The van der Waals surface area contributed by atoms with Crippen LogP contribution in [0.1, 0.15) is 42.7 Å². The Hall–Kier alpha value is -1.53. The highest BCUT2D eigenvalue weighted by Crippen LogP contribution is 2.35. The van der Waals surface area contributed by atoms with Crippen LogP contribution in [0.4, 0.5) is 10.9 Å². The molecule has 21 heavy (non-hydrogen) atoms. The van der Waals surface area contributed by atoms with Crippen LogP contribution in [-0.2, 0) is 0 Å². The van der Waals surface area contributed by atoms with Crippen LogP contribution in [0.5, 0.6) is 0 Å². The number of thiazole rings is 1. The van der Waals surface area contributed by atoms with Gasteiger partial charge >= 0.3 is 0 Å². The number of hydrogen-bond acceptors (Lipinski definition) is 6. The van der Waals surface area contributed by atoms with Gasteiger partial charge in [0.2, 0.25) is 0 Å². The lowest BCUT2D eigenvalue weighted by molar-refractivity contribution is 0.0530. The van der Waals surface area contributed by atoms with Crippen molar-refractivity contribution in [2.75, 3.05) is 11.9 Å². The average Bonchev–Trinajstić information content (AvgIpc) is 2.71. The average molecular weight is 303 g/mol. The molecular weight excluding hydrogens is 282 g/mol. The lowest BCUT2D eigenvalue weighted by Crippen LogP contribution is -2.45. The van der Waals surface area contributed by atoms with E-state index in [1.165, 1.54) is 11.3 Å². The van der Waals surface area contributed by atoms with Crippen LogP contribution in [0.2, 0.25) is 0 Å². The van der Waals surface area contributed by atoms with Crippen molar-refractivity contribution in [3.63, 3.8) is 0 Å². The van der Waals surface area contributed by atoms with Crippen molar-refractivity contribution in [3.05, 3.63) is 28.7 Å². The SMILES string of the molecule is Cc1nc(Nc2ncc(C)s2)cc([C@@H]2CCN2C(C)C)n1. The summed E-state index contributed by atoms with van der Waals surface area (Å²) in [6.07, 6.45) is 3.04. The summed E-state index contributed by atoms with van der Waals surface area (Å²) >= 11 is 1.63. The Morgan fingerprint density at radius 2 is 2.14 bits per heavy atom. The predicted molar refractivity (Wildman–Crippen MR) is 86.1 cm³/mol. The maximum Gasteiger partial charge on any atom is 0.188 e. The number of nitrogens with one attached hydrogen (secondary N) is 1. The number of anilines is 2. The summed E-state index contributed by atoms with van der Waals surface area (Å²) in [6, 6.07) is 3.03. The van der Waals surface area contributed by atoms with Gasteiger partial charge in [-0.25, -0.2) is 15.0 Å². The number of aryl methyl sites for hydroxylation is 2. The van der Waals surface area contributed by atoms with Crippen LogP contribution in [-0.4, -0.2) is 32.4 Å². The molecule has 0 amide bonds. The largest absolute Gasteiger partial charge is 0.316 e. The highest BCUT2D eigenvalue weighted by Gasteiger charge is 2.32. The lowest BCUT2D eigenvalue weighted by Gasteiger charge is -2.43. The van der Waals surface area contributed by atoms with E-state index < -0.39 is 0 Å². The molecule has 0 aliphatic carbocycles. The number of likely N-dealkylation sites (tertiary alicyclic amines) is 1. The van der Waals surface area contributed by atoms with Crippen LogP contribution in [0.15, 0.2) is 12.3 Å². The summed E-state index contributed by atoms with van der Waals surface area (Å²) in [5, 5.41) is 4.17. The van der Waals surface area contributed by atoms with Crippen LogP contribution in [0.3, 0.4) is 0 Å². The molecule has 1 fully saturated rings. The fraction of sp³-hybridized carbons (Fsp3) is 0.533. The molecule has 3 rings (SSSR count). The third kappa shape index (κ3) is 3.06. The number of nitrogens with zero attached hydrogens (tertiary/aromatic N) is 4. The molecule has 0 bridgehead atoms. The van der Waals surface area contributed by atoms with E-state index in [1.54, 1.807) is 11.3 Å². The van der Waals surface area contributed by atoms with Crippen molar-refractivity contribution in [2.45, 2.75) is 46.2 Å². The highest BCUT2D eigenvalue weighted by molar-refractivity contribution is 7.15. The predicted octanol–water partition coefficient (Wildman–Crippen LogP) is 3.45. The molecule has 2 aromatic heterocycles. The van der Waals surface area contributed by atoms with Gasteiger partial charge < -0.3 is 5.32 Å². The number of rotatable bonds is 4. The van der Waals surface area contributed by atoms with Crippen molar-refractivity contribution in [3.8, 4) is 0 Å². The highest BCUT2D eigenvalue weighted by atomic mass is 32.1. The molecule has 0 unspecified atom stereocenters. The zero-order valence-corrected chi connectivity index (χ0v) is 13.7. The van der Waals surface area contributed by atoms with Crippen molar-refractivity contribution >= 4 is 22.3 Å². The monoisotopic (exact) mass is 303 g/mol. The molecule has 1 aliphatic heterocycles. The molecule has 1 N–H and O–H groups in total. The summed E-state index contributed by atoms with van der Waals surface area (Å²) in [7, 11) is 0. The van der Waals surface area contributed by atoms with Gasteiger partial charge in [-0.1, -0.05) is 0 Å². The van der Waals surface area contributed by atoms with E-state index in [2.05, 4.69) is 45.1 Å². The molecule has 1 saturated heterocycles. The van der Waals surface area contributed by atoms with E-state index in [0.29, 0.717) is 12.1 Å². The Kier molecular flexibility index (Phi) is 3.91. The molecular formula is C15H21N5S. The summed E-state index contributed by atoms with van der Waals surface area (Å²) in [4.78, 5) is 17.1. The molecule has 6 heteroatoms. The normalized spacial score (nSPS) is 18.8. The minimum Gasteiger partial charge on any atom is -0.316 e. The smallest absolute Gasteiger partial charge is 0.188 e. The molecule has 0 radical (unpaired) electrons. The standard InChI is InChI=1S/C15H21N5S/c1-9(2)20-6-5-13(20)12-7-14(18-11(4)17-12)19-15-16-8-10(3)21-15/h7-9,13H,5-6H2,1-4H3,(H,16,17,18,19)/t13-/m0/s1. The quantitative estimate of drug-likeness (QED) is 0.937. The van der Waals surface area contributed by atoms with Crippen LogP contribution >= 0.6 is 11.3 Å². The second-order valence-electron chi connectivity index (χ2n) is 5.76. The molecule has 112 valence electrons. The molecule has 3 heterocycles. The van der Waals surface area contributed by atoms with E-state index in [-0.39, 0.29) is 0 Å². The Bertz CT molecular complexity index is 637. The third-order valence-electron chi connectivity index (χ3n) is 3.78. The number of hydrogen-bond donors (Lipinski definition) is 1. The van der Waals surface area contributed by atoms with Gasteiger partial charge in [0.15, 0.2) is 5.13 Å². The van der Waals surface area contributed by atoms with Crippen LogP contribution < -0.4 is 5.32 Å². The van der Waals surface area contributed by atoms with Crippen molar-refractivity contribution < 1.29 is 0 Å². The Labute approximate surface area is 129 Å². The first-order valence-electron chi connectivity index (χ1n) is 7.33. The van der Waals surface area contributed by atoms with Crippen molar-refractivity contribution in [1.29, 1.82) is 0 Å². The molecule has 0 saturated carbocycles. The Balaban J connectivity index is 1.83. The van der Waals surface area contributed by atoms with E-state index in [1.807, 2.05) is 20.0 Å². The van der Waals surface area contributed by atoms with Gasteiger partial charge in [-0.3, -0.25) is 4.90 Å². The number of aromatic nitrogens is 3. The summed E-state index contributed by atoms with van der Waals surface area (Å²) in [5.41, 5.74) is 1.11. The molecule has 1 atom stereocenters. The minimum absolute atomic E-state index is 0.422. The maximum absolute atomic E-state index is 4.63. The third-order valence-corrected chi connectivity index (χ3v) is 4.61. The van der Waals surface area contributed by atoms with Crippen molar-refractivity contribution in [2.24, 2.45) is 0 Å². The van der Waals surface area contributed by atoms with Crippen LogP contribution in [0, 0.1) is 13.8 Å². The summed E-state index contributed by atoms with van der Waals surface area (Å²) in [5.74, 6) is 1.64. The first-order valence-corrected chi connectivity index (χ1v) is 8.15. The second-order valence-corrected chi connectivity index (χ2v) is 7.00. The van der Waals surface area contributed by atoms with Gasteiger partial charge in [-0.05, 0) is 34.1 Å². The van der Waals surface area contributed by atoms with E-state index in [0.717, 1.165) is 29.0 Å².